The van der Waals surface area contributed by atoms with Crippen LogP contribution in [0.25, 0.3) is 10.9 Å². The Labute approximate surface area is 186 Å². The first-order chi connectivity index (χ1) is 14.1. The lowest BCUT2D eigenvalue weighted by Gasteiger charge is -2.33. The van der Waals surface area contributed by atoms with Crippen LogP contribution >= 0.6 is 23.2 Å². The fraction of sp³-hybridized carbons (Fsp3) is 0.360. The van der Waals surface area contributed by atoms with Crippen LogP contribution in [0.3, 0.4) is 0 Å². The Kier molecular flexibility index (Phi) is 11.1. The molecule has 0 bridgehead atoms. The van der Waals surface area contributed by atoms with E-state index >= 15 is 0 Å². The molecule has 1 aliphatic rings. The number of nitrogens with zero attached hydrogens (tertiary/aromatic N) is 1. The number of hydrogen-bond acceptors (Lipinski definition) is 1. The molecule has 1 aliphatic heterocycles. The molecule has 0 amide bonds. The van der Waals surface area contributed by atoms with Gasteiger partial charge in [0.2, 0.25) is 0 Å². The molecule has 0 radical (unpaired) electrons. The summed E-state index contributed by atoms with van der Waals surface area (Å²) in [5.41, 5.74) is 4.88. The largest absolute Gasteiger partial charge is 0.357 e. The fourth-order valence-electron chi connectivity index (χ4n) is 3.49. The summed E-state index contributed by atoms with van der Waals surface area (Å²) in [6, 6.07) is 14.5. The number of benzene rings is 2. The smallest absolute Gasteiger partial charge is 0.0769 e. The van der Waals surface area contributed by atoms with Gasteiger partial charge in [-0.25, -0.2) is 0 Å². The molecule has 2 heterocycles. The van der Waals surface area contributed by atoms with Crippen LogP contribution in [-0.2, 0) is 6.42 Å². The molecule has 0 saturated heterocycles. The van der Waals surface area contributed by atoms with Gasteiger partial charge in [-0.15, -0.1) is 6.58 Å². The van der Waals surface area contributed by atoms with Crippen LogP contribution in [0.15, 0.2) is 55.1 Å². The van der Waals surface area contributed by atoms with Gasteiger partial charge in [0.1, 0.15) is 0 Å². The maximum Gasteiger partial charge on any atom is 0.0769 e. The number of H-pyrrole nitrogens is 1. The van der Waals surface area contributed by atoms with Crippen molar-refractivity contribution in [1.29, 1.82) is 0 Å². The van der Waals surface area contributed by atoms with Crippen LogP contribution < -0.4 is 0 Å². The topological polar surface area (TPSA) is 19.0 Å². The number of aromatic amines is 1. The highest BCUT2D eigenvalue weighted by Crippen LogP contribution is 2.41. The van der Waals surface area contributed by atoms with Gasteiger partial charge in [-0.05, 0) is 43.7 Å². The molecule has 1 atom stereocenters. The van der Waals surface area contributed by atoms with Gasteiger partial charge >= 0.3 is 0 Å². The van der Waals surface area contributed by atoms with Crippen molar-refractivity contribution in [2.75, 3.05) is 13.6 Å². The van der Waals surface area contributed by atoms with Crippen LogP contribution in [0.1, 0.15) is 57.5 Å². The predicted molar refractivity (Wildman–Crippen MR) is 132 cm³/mol. The molecule has 1 aromatic heterocycles. The average molecular weight is 433 g/mol. The Hall–Kier alpha value is -1.74. The molecule has 1 unspecified atom stereocenters. The van der Waals surface area contributed by atoms with Gasteiger partial charge < -0.3 is 4.98 Å². The number of nitrogens with one attached hydrogen (secondary N) is 1. The van der Waals surface area contributed by atoms with Crippen molar-refractivity contribution in [2.45, 2.75) is 47.1 Å². The molecule has 3 aromatic rings. The number of allylic oxidation sites excluding steroid dienone is 1. The molecular weight excluding hydrogens is 399 g/mol. The lowest BCUT2D eigenvalue weighted by atomic mass is 9.93. The first-order valence-corrected chi connectivity index (χ1v) is 11.1. The third-order valence-electron chi connectivity index (χ3n) is 4.55. The number of halogens is 2. The van der Waals surface area contributed by atoms with Crippen molar-refractivity contribution in [2.24, 2.45) is 0 Å². The lowest BCUT2D eigenvalue weighted by molar-refractivity contribution is 0.262. The molecule has 0 saturated carbocycles. The molecule has 2 aromatic carbocycles. The highest BCUT2D eigenvalue weighted by molar-refractivity contribution is 6.42. The third-order valence-corrected chi connectivity index (χ3v) is 5.38. The van der Waals surface area contributed by atoms with Gasteiger partial charge in [0, 0.05) is 23.1 Å². The second kappa shape index (κ2) is 12.7. The Morgan fingerprint density at radius 1 is 1.03 bits per heavy atom. The third kappa shape index (κ3) is 5.66. The molecule has 2 nitrogen and oxygen atoms in total. The SMILES string of the molecule is C=CC.CC.CC.CN1CCc2c([nH]c3ccccc23)C1c1cccc(Cl)c1Cl. The summed E-state index contributed by atoms with van der Waals surface area (Å²) < 4.78 is 0. The minimum Gasteiger partial charge on any atom is -0.357 e. The standard InChI is InChI=1S/C18H16Cl2N2.C3H6.2C2H6/c1-22-10-9-12-11-5-2-3-8-15(11)21-17(12)18(22)13-6-4-7-14(19)16(13)20;1-3-2;2*1-2/h2-8,18,21H,9-10H2,1H3;3H,1H2,2H3;2*1-2H3. The molecule has 0 spiro atoms. The lowest BCUT2D eigenvalue weighted by Crippen LogP contribution is -2.32. The highest BCUT2D eigenvalue weighted by Gasteiger charge is 2.31. The maximum atomic E-state index is 6.48. The fourth-order valence-corrected chi connectivity index (χ4v) is 3.90. The minimum atomic E-state index is 0.113. The molecule has 0 fully saturated rings. The zero-order valence-electron chi connectivity index (χ0n) is 18.5. The van der Waals surface area contributed by atoms with Crippen LogP contribution in [0.4, 0.5) is 0 Å². The Morgan fingerprint density at radius 2 is 1.66 bits per heavy atom. The van der Waals surface area contributed by atoms with Gasteiger partial charge in [0.25, 0.3) is 0 Å². The molecular formula is C25H34Cl2N2. The van der Waals surface area contributed by atoms with Crippen LogP contribution in [0, 0.1) is 0 Å². The zero-order valence-corrected chi connectivity index (χ0v) is 20.0. The molecule has 4 rings (SSSR count). The normalized spacial score (nSPS) is 15.0. The first-order valence-electron chi connectivity index (χ1n) is 10.4. The quantitative estimate of drug-likeness (QED) is 0.383. The minimum absolute atomic E-state index is 0.113. The second-order valence-corrected chi connectivity index (χ2v) is 7.03. The molecule has 0 aliphatic carbocycles. The number of aromatic nitrogens is 1. The van der Waals surface area contributed by atoms with Gasteiger partial charge in [-0.3, -0.25) is 4.90 Å². The number of rotatable bonds is 1. The van der Waals surface area contributed by atoms with Crippen molar-refractivity contribution in [1.82, 2.24) is 9.88 Å². The molecule has 4 heteroatoms. The van der Waals surface area contributed by atoms with Crippen molar-refractivity contribution >= 4 is 34.1 Å². The second-order valence-electron chi connectivity index (χ2n) is 6.25. The van der Waals surface area contributed by atoms with Crippen molar-refractivity contribution < 1.29 is 0 Å². The Bertz CT molecular complexity index is 899. The highest BCUT2D eigenvalue weighted by atomic mass is 35.5. The number of fused-ring (bicyclic) bond motifs is 3. The zero-order chi connectivity index (χ0) is 22.0. The first kappa shape index (κ1) is 25.3. The van der Waals surface area contributed by atoms with Crippen LogP contribution in [-0.4, -0.2) is 23.5 Å². The summed E-state index contributed by atoms with van der Waals surface area (Å²) in [6.45, 7) is 14.3. The molecule has 158 valence electrons. The summed E-state index contributed by atoms with van der Waals surface area (Å²) in [5.74, 6) is 0. The summed E-state index contributed by atoms with van der Waals surface area (Å²) in [5, 5.41) is 2.57. The van der Waals surface area contributed by atoms with Crippen LogP contribution in [0.2, 0.25) is 10.0 Å². The molecule has 29 heavy (non-hydrogen) atoms. The van der Waals surface area contributed by atoms with E-state index in [1.165, 1.54) is 22.2 Å². The van der Waals surface area contributed by atoms with E-state index in [0.29, 0.717) is 10.0 Å². The number of hydrogen-bond donors (Lipinski definition) is 1. The van der Waals surface area contributed by atoms with E-state index in [1.54, 1.807) is 6.08 Å². The van der Waals surface area contributed by atoms with Crippen LogP contribution in [0.5, 0.6) is 0 Å². The van der Waals surface area contributed by atoms with Gasteiger partial charge in [0.15, 0.2) is 0 Å². The number of para-hydroxylation sites is 1. The van der Waals surface area contributed by atoms with E-state index < -0.39 is 0 Å². The van der Waals surface area contributed by atoms with Crippen molar-refractivity contribution in [3.05, 3.63) is 82.0 Å². The van der Waals surface area contributed by atoms with Gasteiger partial charge in [-0.1, -0.05) is 87.3 Å². The summed E-state index contributed by atoms with van der Waals surface area (Å²) in [4.78, 5) is 5.93. The van der Waals surface area contributed by atoms with Gasteiger partial charge in [-0.2, -0.15) is 0 Å². The van der Waals surface area contributed by atoms with Gasteiger partial charge in [0.05, 0.1) is 16.1 Å². The summed E-state index contributed by atoms with van der Waals surface area (Å²) in [7, 11) is 2.14. The Morgan fingerprint density at radius 3 is 2.31 bits per heavy atom. The van der Waals surface area contributed by atoms with E-state index in [9.17, 15) is 0 Å². The van der Waals surface area contributed by atoms with E-state index in [4.69, 9.17) is 23.2 Å². The van der Waals surface area contributed by atoms with E-state index in [2.05, 4.69) is 53.8 Å². The van der Waals surface area contributed by atoms with E-state index in [1.807, 2.05) is 46.8 Å². The Balaban J connectivity index is 0.000000540. The number of likely N-dealkylation sites (N-methyl/N-ethyl adjacent to an activating group) is 1. The monoisotopic (exact) mass is 432 g/mol. The maximum absolute atomic E-state index is 6.48. The predicted octanol–water partition coefficient (Wildman–Crippen LogP) is 8.30. The summed E-state index contributed by atoms with van der Waals surface area (Å²) >= 11 is 12.7. The van der Waals surface area contributed by atoms with Crippen molar-refractivity contribution in [3.63, 3.8) is 0 Å². The van der Waals surface area contributed by atoms with Crippen molar-refractivity contribution in [3.8, 4) is 0 Å². The van der Waals surface area contributed by atoms with E-state index in [-0.39, 0.29) is 6.04 Å². The average Bonchev–Trinajstić information content (AvgIpc) is 3.13. The summed E-state index contributed by atoms with van der Waals surface area (Å²) in [6.07, 6.45) is 2.80. The molecule has 1 N–H and O–H groups in total. The van der Waals surface area contributed by atoms with E-state index in [0.717, 1.165) is 18.5 Å².